The van der Waals surface area contributed by atoms with Crippen molar-refractivity contribution in [2.24, 2.45) is 0 Å². The number of rotatable bonds is 3. The predicted octanol–water partition coefficient (Wildman–Crippen LogP) is 2.56. The molecule has 0 bridgehead atoms. The van der Waals surface area contributed by atoms with Crippen molar-refractivity contribution < 1.29 is 29.3 Å². The minimum absolute atomic E-state index is 0.0469. The molecule has 0 aliphatic heterocycles. The fourth-order valence-corrected chi connectivity index (χ4v) is 1.54. The molecule has 0 atom stereocenters. The Hall–Kier alpha value is -3.15. The van der Waals surface area contributed by atoms with Crippen LogP contribution in [0.25, 0.3) is 0 Å². The van der Waals surface area contributed by atoms with Crippen LogP contribution in [0.1, 0.15) is 31.1 Å². The average Bonchev–Trinajstić information content (AvgIpc) is 2.55. The number of hydrogen-bond acceptors (Lipinski definition) is 4. The van der Waals surface area contributed by atoms with Gasteiger partial charge in [0, 0.05) is 0 Å². The van der Waals surface area contributed by atoms with Gasteiger partial charge in [-0.2, -0.15) is 0 Å². The molecule has 0 saturated carbocycles. The van der Waals surface area contributed by atoms with Gasteiger partial charge in [0.05, 0.1) is 23.8 Å². The van der Waals surface area contributed by atoms with Gasteiger partial charge in [-0.3, -0.25) is 0 Å². The van der Waals surface area contributed by atoms with Crippen LogP contribution >= 0.6 is 0 Å². The Kier molecular flexibility index (Phi) is 6.31. The van der Waals surface area contributed by atoms with Crippen molar-refractivity contribution in [3.05, 3.63) is 71.3 Å². The average molecular weight is 302 g/mol. The maximum Gasteiger partial charge on any atom is 0.338 e. The van der Waals surface area contributed by atoms with Gasteiger partial charge >= 0.3 is 17.9 Å². The number of ether oxygens (including phenoxy) is 1. The lowest BCUT2D eigenvalue weighted by Crippen LogP contribution is -2.09. The SMILES string of the molecule is COC(=O)c1ccccc1C(=O)O.O=C(O)c1ccccc1. The Labute approximate surface area is 126 Å². The Morgan fingerprint density at radius 1 is 0.773 bits per heavy atom. The Bertz CT molecular complexity index is 663. The molecular formula is C16H14O6. The first-order valence-electron chi connectivity index (χ1n) is 6.16. The summed E-state index contributed by atoms with van der Waals surface area (Å²) >= 11 is 0. The molecule has 6 heteroatoms. The molecule has 0 fully saturated rings. The smallest absolute Gasteiger partial charge is 0.338 e. The third-order valence-corrected chi connectivity index (χ3v) is 2.58. The van der Waals surface area contributed by atoms with Crippen LogP contribution in [0.2, 0.25) is 0 Å². The molecule has 0 aliphatic carbocycles. The molecule has 0 amide bonds. The van der Waals surface area contributed by atoms with Crippen molar-refractivity contribution in [2.75, 3.05) is 7.11 Å². The van der Waals surface area contributed by atoms with Gasteiger partial charge in [0.2, 0.25) is 0 Å². The van der Waals surface area contributed by atoms with Gasteiger partial charge in [-0.25, -0.2) is 14.4 Å². The number of aromatic carboxylic acids is 2. The maximum atomic E-state index is 11.1. The van der Waals surface area contributed by atoms with E-state index in [0.29, 0.717) is 5.56 Å². The van der Waals surface area contributed by atoms with E-state index < -0.39 is 17.9 Å². The number of carbonyl (C=O) groups excluding carboxylic acids is 1. The van der Waals surface area contributed by atoms with Crippen LogP contribution in [0.3, 0.4) is 0 Å². The van der Waals surface area contributed by atoms with E-state index in [-0.39, 0.29) is 11.1 Å². The number of carbonyl (C=O) groups is 3. The number of methoxy groups -OCH3 is 1. The fraction of sp³-hybridized carbons (Fsp3) is 0.0625. The van der Waals surface area contributed by atoms with E-state index in [1.807, 2.05) is 0 Å². The van der Waals surface area contributed by atoms with Crippen LogP contribution in [0.15, 0.2) is 54.6 Å². The Balaban J connectivity index is 0.000000235. The van der Waals surface area contributed by atoms with E-state index in [9.17, 15) is 14.4 Å². The van der Waals surface area contributed by atoms with E-state index in [1.165, 1.54) is 19.2 Å². The minimum atomic E-state index is -1.14. The number of carboxylic acid groups (broad SMARTS) is 2. The molecule has 0 radical (unpaired) electrons. The van der Waals surface area contributed by atoms with Crippen molar-refractivity contribution in [2.45, 2.75) is 0 Å². The molecule has 2 N–H and O–H groups in total. The van der Waals surface area contributed by atoms with Gasteiger partial charge in [0.15, 0.2) is 0 Å². The summed E-state index contributed by atoms with van der Waals surface area (Å²) in [4.78, 5) is 31.9. The highest BCUT2D eigenvalue weighted by molar-refractivity contribution is 6.02. The number of hydrogen-bond donors (Lipinski definition) is 2. The molecule has 0 aromatic heterocycles. The molecule has 0 aliphatic rings. The van der Waals surface area contributed by atoms with Crippen molar-refractivity contribution in [1.29, 1.82) is 0 Å². The molecule has 0 unspecified atom stereocenters. The minimum Gasteiger partial charge on any atom is -0.478 e. The molecule has 0 heterocycles. The summed E-state index contributed by atoms with van der Waals surface area (Å²) in [5.41, 5.74) is 0.351. The molecule has 114 valence electrons. The predicted molar refractivity (Wildman–Crippen MR) is 78.1 cm³/mol. The Morgan fingerprint density at radius 2 is 1.27 bits per heavy atom. The molecule has 2 rings (SSSR count). The van der Waals surface area contributed by atoms with Gasteiger partial charge in [-0.05, 0) is 24.3 Å². The van der Waals surface area contributed by atoms with Gasteiger partial charge < -0.3 is 14.9 Å². The molecule has 2 aromatic carbocycles. The summed E-state index contributed by atoms with van der Waals surface area (Å²) in [6.45, 7) is 0. The second-order valence-corrected chi connectivity index (χ2v) is 4.01. The molecule has 6 nitrogen and oxygen atoms in total. The maximum absolute atomic E-state index is 11.1. The van der Waals surface area contributed by atoms with Crippen LogP contribution in [-0.4, -0.2) is 35.2 Å². The lowest BCUT2D eigenvalue weighted by Gasteiger charge is -2.02. The topological polar surface area (TPSA) is 101 Å². The van der Waals surface area contributed by atoms with E-state index in [4.69, 9.17) is 10.2 Å². The number of carboxylic acids is 2. The zero-order valence-electron chi connectivity index (χ0n) is 11.7. The summed E-state index contributed by atoms with van der Waals surface area (Å²) in [6, 6.07) is 14.2. The first kappa shape index (κ1) is 16.9. The largest absolute Gasteiger partial charge is 0.478 e. The van der Waals surface area contributed by atoms with Crippen LogP contribution < -0.4 is 0 Å². The Morgan fingerprint density at radius 3 is 1.68 bits per heavy atom. The lowest BCUT2D eigenvalue weighted by atomic mass is 10.1. The lowest BCUT2D eigenvalue weighted by molar-refractivity contribution is 0.0582. The molecule has 2 aromatic rings. The third kappa shape index (κ3) is 4.75. The fourth-order valence-electron chi connectivity index (χ4n) is 1.54. The first-order valence-corrected chi connectivity index (χ1v) is 6.16. The molecule has 0 spiro atoms. The van der Waals surface area contributed by atoms with E-state index in [0.717, 1.165) is 0 Å². The third-order valence-electron chi connectivity index (χ3n) is 2.58. The van der Waals surface area contributed by atoms with Crippen LogP contribution in [0.5, 0.6) is 0 Å². The highest BCUT2D eigenvalue weighted by Gasteiger charge is 2.15. The van der Waals surface area contributed by atoms with Crippen LogP contribution in [0.4, 0.5) is 0 Å². The van der Waals surface area contributed by atoms with Crippen molar-refractivity contribution in [1.82, 2.24) is 0 Å². The summed E-state index contributed by atoms with van der Waals surface area (Å²) in [6.07, 6.45) is 0. The number of esters is 1. The summed E-state index contributed by atoms with van der Waals surface area (Å²) in [5, 5.41) is 17.1. The first-order chi connectivity index (χ1) is 10.5. The van der Waals surface area contributed by atoms with Crippen molar-refractivity contribution in [3.63, 3.8) is 0 Å². The van der Waals surface area contributed by atoms with Gasteiger partial charge in [-0.1, -0.05) is 30.3 Å². The highest BCUT2D eigenvalue weighted by atomic mass is 16.5. The van der Waals surface area contributed by atoms with Gasteiger partial charge in [0.25, 0.3) is 0 Å². The molecular weight excluding hydrogens is 288 g/mol. The zero-order chi connectivity index (χ0) is 16.5. The van der Waals surface area contributed by atoms with E-state index in [2.05, 4.69) is 4.74 Å². The molecule has 0 saturated heterocycles. The van der Waals surface area contributed by atoms with Crippen LogP contribution in [0, 0.1) is 0 Å². The van der Waals surface area contributed by atoms with Crippen LogP contribution in [-0.2, 0) is 4.74 Å². The monoisotopic (exact) mass is 302 g/mol. The number of benzene rings is 2. The standard InChI is InChI=1S/C9H8O4.C7H6O2/c1-13-9(12)7-5-3-2-4-6(7)8(10)11;8-7(9)6-4-2-1-3-5-6/h2-5H,1H3,(H,10,11);1-5H,(H,8,9). The van der Waals surface area contributed by atoms with Gasteiger partial charge in [0.1, 0.15) is 0 Å². The van der Waals surface area contributed by atoms with Gasteiger partial charge in [-0.15, -0.1) is 0 Å². The van der Waals surface area contributed by atoms with Crippen molar-refractivity contribution in [3.8, 4) is 0 Å². The van der Waals surface area contributed by atoms with E-state index >= 15 is 0 Å². The molecule has 22 heavy (non-hydrogen) atoms. The zero-order valence-corrected chi connectivity index (χ0v) is 11.7. The second kappa shape index (κ2) is 8.21. The normalized spacial score (nSPS) is 9.14. The highest BCUT2D eigenvalue weighted by Crippen LogP contribution is 2.09. The summed E-state index contributed by atoms with van der Waals surface area (Å²) in [5.74, 6) is -2.66. The quantitative estimate of drug-likeness (QED) is 0.845. The second-order valence-electron chi connectivity index (χ2n) is 4.01. The van der Waals surface area contributed by atoms with E-state index in [1.54, 1.807) is 42.5 Å². The summed E-state index contributed by atoms with van der Waals surface area (Å²) in [7, 11) is 1.21. The summed E-state index contributed by atoms with van der Waals surface area (Å²) < 4.78 is 4.42. The van der Waals surface area contributed by atoms with Crippen molar-refractivity contribution >= 4 is 17.9 Å².